The molecule has 1 aromatic rings. The highest BCUT2D eigenvalue weighted by Crippen LogP contribution is 2.32. The second-order valence-corrected chi connectivity index (χ2v) is 6.99. The fourth-order valence-corrected chi connectivity index (χ4v) is 3.59. The van der Waals surface area contributed by atoms with E-state index >= 15 is 0 Å². The Kier molecular flexibility index (Phi) is 6.98. The maximum absolute atomic E-state index is 12.7. The fraction of sp³-hybridized carbons (Fsp3) is 0.588. The average molecular weight is 360 g/mol. The van der Waals surface area contributed by atoms with Gasteiger partial charge in [-0.25, -0.2) is 0 Å². The van der Waals surface area contributed by atoms with Gasteiger partial charge in [0.1, 0.15) is 0 Å². The SMILES string of the molecule is CCNCC1CCN(C(=O)CSc2cccc(C(F)(F)F)c2)CC1. The number of rotatable bonds is 6. The lowest BCUT2D eigenvalue weighted by atomic mass is 9.97. The van der Waals surface area contributed by atoms with E-state index in [1.54, 1.807) is 6.07 Å². The van der Waals surface area contributed by atoms with Crippen LogP contribution < -0.4 is 5.32 Å². The highest BCUT2D eigenvalue weighted by Gasteiger charge is 2.30. The first-order chi connectivity index (χ1) is 11.4. The van der Waals surface area contributed by atoms with Gasteiger partial charge >= 0.3 is 6.18 Å². The van der Waals surface area contributed by atoms with E-state index in [0.717, 1.165) is 62.9 Å². The van der Waals surface area contributed by atoms with E-state index in [1.807, 2.05) is 4.90 Å². The largest absolute Gasteiger partial charge is 0.416 e. The zero-order chi connectivity index (χ0) is 17.6. The number of carbonyl (C=O) groups excluding carboxylic acids is 1. The monoisotopic (exact) mass is 360 g/mol. The van der Waals surface area contributed by atoms with Gasteiger partial charge in [0.25, 0.3) is 0 Å². The van der Waals surface area contributed by atoms with Gasteiger partial charge in [-0.2, -0.15) is 13.2 Å². The Hall–Kier alpha value is -1.21. The van der Waals surface area contributed by atoms with Crippen LogP contribution in [0.25, 0.3) is 0 Å². The lowest BCUT2D eigenvalue weighted by Gasteiger charge is -2.32. The molecule has 0 spiro atoms. The molecule has 0 aliphatic carbocycles. The molecule has 1 fully saturated rings. The zero-order valence-electron chi connectivity index (χ0n) is 13.7. The van der Waals surface area contributed by atoms with Gasteiger partial charge in [-0.1, -0.05) is 13.0 Å². The molecule has 0 saturated carbocycles. The van der Waals surface area contributed by atoms with Crippen LogP contribution in [0.2, 0.25) is 0 Å². The van der Waals surface area contributed by atoms with E-state index in [0.29, 0.717) is 10.8 Å². The predicted octanol–water partition coefficient (Wildman–Crippen LogP) is 3.65. The third-order valence-electron chi connectivity index (χ3n) is 4.17. The van der Waals surface area contributed by atoms with Gasteiger partial charge in [-0.3, -0.25) is 4.79 Å². The number of benzene rings is 1. The summed E-state index contributed by atoms with van der Waals surface area (Å²) >= 11 is 1.16. The summed E-state index contributed by atoms with van der Waals surface area (Å²) in [6, 6.07) is 5.12. The van der Waals surface area contributed by atoms with Crippen LogP contribution in [0.5, 0.6) is 0 Å². The molecular formula is C17H23F3N2OS. The third-order valence-corrected chi connectivity index (χ3v) is 5.15. The molecule has 0 aromatic heterocycles. The highest BCUT2D eigenvalue weighted by molar-refractivity contribution is 8.00. The van der Waals surface area contributed by atoms with Crippen LogP contribution in [0.15, 0.2) is 29.2 Å². The molecule has 0 bridgehead atoms. The van der Waals surface area contributed by atoms with Crippen LogP contribution in [0.4, 0.5) is 13.2 Å². The number of nitrogens with zero attached hydrogens (tertiary/aromatic N) is 1. The molecule has 0 radical (unpaired) electrons. The first-order valence-corrected chi connectivity index (χ1v) is 9.17. The number of thioether (sulfide) groups is 1. The lowest BCUT2D eigenvalue weighted by Crippen LogP contribution is -2.41. The molecule has 0 unspecified atom stereocenters. The molecule has 0 atom stereocenters. The van der Waals surface area contributed by atoms with Crippen molar-refractivity contribution in [3.8, 4) is 0 Å². The van der Waals surface area contributed by atoms with Crippen molar-refractivity contribution >= 4 is 17.7 Å². The summed E-state index contributed by atoms with van der Waals surface area (Å²) in [5.41, 5.74) is -0.677. The topological polar surface area (TPSA) is 32.3 Å². The number of hydrogen-bond acceptors (Lipinski definition) is 3. The maximum atomic E-state index is 12.7. The second kappa shape index (κ2) is 8.76. The molecule has 2 rings (SSSR count). The second-order valence-electron chi connectivity index (χ2n) is 5.95. The van der Waals surface area contributed by atoms with Crippen molar-refractivity contribution in [1.29, 1.82) is 0 Å². The average Bonchev–Trinajstić information content (AvgIpc) is 2.58. The smallest absolute Gasteiger partial charge is 0.342 e. The summed E-state index contributed by atoms with van der Waals surface area (Å²) in [5, 5.41) is 3.33. The van der Waals surface area contributed by atoms with Gasteiger partial charge in [0.15, 0.2) is 0 Å². The fourth-order valence-electron chi connectivity index (χ4n) is 2.73. The lowest BCUT2D eigenvalue weighted by molar-refractivity contribution is -0.137. The molecule has 7 heteroatoms. The van der Waals surface area contributed by atoms with Gasteiger partial charge in [-0.05, 0) is 50.0 Å². The normalized spacial score (nSPS) is 16.4. The van der Waals surface area contributed by atoms with Crippen molar-refractivity contribution in [3.63, 3.8) is 0 Å². The van der Waals surface area contributed by atoms with Gasteiger partial charge in [0.2, 0.25) is 5.91 Å². The molecule has 24 heavy (non-hydrogen) atoms. The van der Waals surface area contributed by atoms with Crippen LogP contribution in [-0.4, -0.2) is 42.7 Å². The summed E-state index contributed by atoms with van der Waals surface area (Å²) in [5.74, 6) is 0.781. The van der Waals surface area contributed by atoms with Crippen molar-refractivity contribution in [3.05, 3.63) is 29.8 Å². The minimum Gasteiger partial charge on any atom is -0.342 e. The van der Waals surface area contributed by atoms with Crippen LogP contribution in [0.1, 0.15) is 25.3 Å². The number of likely N-dealkylation sites (tertiary alicyclic amines) is 1. The Labute approximate surface area is 145 Å². The van der Waals surface area contributed by atoms with Gasteiger partial charge in [-0.15, -0.1) is 11.8 Å². The highest BCUT2D eigenvalue weighted by atomic mass is 32.2. The first kappa shape index (κ1) is 19.1. The standard InChI is InChI=1S/C17H23F3N2OS/c1-2-21-11-13-6-8-22(9-7-13)16(23)12-24-15-5-3-4-14(10-15)17(18,19)20/h3-5,10,13,21H,2,6-9,11-12H2,1H3. The summed E-state index contributed by atoms with van der Waals surface area (Å²) < 4.78 is 38.1. The molecule has 1 heterocycles. The predicted molar refractivity (Wildman–Crippen MR) is 90.0 cm³/mol. The van der Waals surface area contributed by atoms with Crippen molar-refractivity contribution < 1.29 is 18.0 Å². The van der Waals surface area contributed by atoms with E-state index in [4.69, 9.17) is 0 Å². The Morgan fingerprint density at radius 1 is 1.33 bits per heavy atom. The summed E-state index contributed by atoms with van der Waals surface area (Å²) in [6.45, 7) is 5.48. The van der Waals surface area contributed by atoms with Crippen molar-refractivity contribution in [2.45, 2.75) is 30.8 Å². The van der Waals surface area contributed by atoms with Crippen LogP contribution in [0.3, 0.4) is 0 Å². The Morgan fingerprint density at radius 3 is 2.67 bits per heavy atom. The minimum atomic E-state index is -4.35. The van der Waals surface area contributed by atoms with Gasteiger partial charge in [0, 0.05) is 18.0 Å². The van der Waals surface area contributed by atoms with Gasteiger partial charge in [0.05, 0.1) is 11.3 Å². The minimum absolute atomic E-state index is 0.000637. The molecule has 134 valence electrons. The molecule has 1 N–H and O–H groups in total. The number of carbonyl (C=O) groups is 1. The van der Waals surface area contributed by atoms with E-state index < -0.39 is 11.7 Å². The number of amides is 1. The van der Waals surface area contributed by atoms with Crippen molar-refractivity contribution in [2.75, 3.05) is 31.9 Å². The number of halogens is 3. The molecule has 1 aromatic carbocycles. The van der Waals surface area contributed by atoms with Crippen LogP contribution in [0, 0.1) is 5.92 Å². The Balaban J connectivity index is 1.80. The molecule has 1 amide bonds. The molecule has 3 nitrogen and oxygen atoms in total. The number of nitrogens with one attached hydrogen (secondary N) is 1. The molecule has 1 aliphatic rings. The molecular weight excluding hydrogens is 337 g/mol. The maximum Gasteiger partial charge on any atom is 0.416 e. The molecule has 1 aliphatic heterocycles. The van der Waals surface area contributed by atoms with E-state index in [-0.39, 0.29) is 11.7 Å². The van der Waals surface area contributed by atoms with E-state index in [9.17, 15) is 18.0 Å². The van der Waals surface area contributed by atoms with E-state index in [1.165, 1.54) is 6.07 Å². The quantitative estimate of drug-likeness (QED) is 0.786. The zero-order valence-corrected chi connectivity index (χ0v) is 14.6. The molecule has 1 saturated heterocycles. The summed E-state index contributed by atoms with van der Waals surface area (Å²) in [6.07, 6.45) is -2.39. The summed E-state index contributed by atoms with van der Waals surface area (Å²) in [4.78, 5) is 14.5. The number of alkyl halides is 3. The van der Waals surface area contributed by atoms with E-state index in [2.05, 4.69) is 12.2 Å². The van der Waals surface area contributed by atoms with Crippen LogP contribution >= 0.6 is 11.8 Å². The third kappa shape index (κ3) is 5.70. The Morgan fingerprint density at radius 2 is 2.04 bits per heavy atom. The Bertz CT molecular complexity index is 543. The van der Waals surface area contributed by atoms with Crippen molar-refractivity contribution in [2.24, 2.45) is 5.92 Å². The van der Waals surface area contributed by atoms with Crippen LogP contribution in [-0.2, 0) is 11.0 Å². The van der Waals surface area contributed by atoms with Gasteiger partial charge < -0.3 is 10.2 Å². The van der Waals surface area contributed by atoms with Crippen molar-refractivity contribution in [1.82, 2.24) is 10.2 Å². The summed E-state index contributed by atoms with van der Waals surface area (Å²) in [7, 11) is 0. The number of hydrogen-bond donors (Lipinski definition) is 1. The first-order valence-electron chi connectivity index (χ1n) is 8.18. The number of piperidine rings is 1.